The summed E-state index contributed by atoms with van der Waals surface area (Å²) >= 11 is 0. The number of likely N-dealkylation sites (tertiary alicyclic amines) is 1. The topological polar surface area (TPSA) is 85.9 Å². The van der Waals surface area contributed by atoms with Crippen LogP contribution in [-0.4, -0.2) is 48.2 Å². The highest BCUT2D eigenvalue weighted by molar-refractivity contribution is 5.76. The summed E-state index contributed by atoms with van der Waals surface area (Å²) < 4.78 is 3.99. The largest absolute Gasteiger partial charge is 0.342 e. The van der Waals surface area contributed by atoms with Crippen LogP contribution in [-0.2, 0) is 24.3 Å². The summed E-state index contributed by atoms with van der Waals surface area (Å²) in [5.74, 6) is 1.33. The van der Waals surface area contributed by atoms with E-state index in [1.54, 1.807) is 11.0 Å². The van der Waals surface area contributed by atoms with E-state index in [1.165, 1.54) is 6.33 Å². The third kappa shape index (κ3) is 3.65. The van der Waals surface area contributed by atoms with Gasteiger partial charge in [0.1, 0.15) is 18.5 Å². The molecule has 0 bridgehead atoms. The van der Waals surface area contributed by atoms with Crippen molar-refractivity contribution in [2.24, 2.45) is 0 Å². The lowest BCUT2D eigenvalue weighted by molar-refractivity contribution is -0.132. The molecule has 2 aromatic rings. The van der Waals surface area contributed by atoms with E-state index in [0.29, 0.717) is 19.5 Å². The lowest BCUT2D eigenvalue weighted by atomic mass is 9.91. The summed E-state index contributed by atoms with van der Waals surface area (Å²) in [6.07, 6.45) is 8.37. The zero-order chi connectivity index (χ0) is 18.8. The molecule has 1 atom stereocenters. The molecule has 1 amide bonds. The van der Waals surface area contributed by atoms with Gasteiger partial charge in [-0.3, -0.25) is 14.3 Å². The maximum absolute atomic E-state index is 12.7. The molecule has 4 heterocycles. The Hall–Kier alpha value is -2.51. The van der Waals surface area contributed by atoms with Gasteiger partial charge in [0.15, 0.2) is 0 Å². The number of hydrogen-bond donors (Lipinski definition) is 0. The monoisotopic (exact) mass is 370 g/mol. The van der Waals surface area contributed by atoms with E-state index in [9.17, 15) is 9.59 Å². The van der Waals surface area contributed by atoms with Crippen molar-refractivity contribution in [1.82, 2.24) is 29.2 Å². The lowest BCUT2D eigenvalue weighted by Gasteiger charge is -2.34. The molecule has 1 saturated heterocycles. The SMILES string of the molecule is Cc1c(C2CCCN(C(=O)CCCn3cncn3)C2)n2c(nc1=O)CCC2. The number of carbonyl (C=O) groups excluding carboxylic acids is 1. The van der Waals surface area contributed by atoms with Gasteiger partial charge in [0, 0.05) is 56.2 Å². The average Bonchev–Trinajstić information content (AvgIpc) is 3.34. The van der Waals surface area contributed by atoms with Crippen molar-refractivity contribution in [2.75, 3.05) is 13.1 Å². The average molecular weight is 370 g/mol. The third-order valence-corrected chi connectivity index (χ3v) is 5.73. The van der Waals surface area contributed by atoms with Crippen LogP contribution < -0.4 is 5.56 Å². The standard InChI is InChI=1S/C19H26N6O2/c1-14-18(25-10-3-6-16(25)22-19(14)27)15-5-2-8-23(11-15)17(26)7-4-9-24-13-20-12-21-24/h12-13,15H,2-11H2,1H3. The Labute approximate surface area is 158 Å². The minimum atomic E-state index is -0.102. The van der Waals surface area contributed by atoms with Crippen LogP contribution >= 0.6 is 0 Å². The van der Waals surface area contributed by atoms with Crippen molar-refractivity contribution in [2.45, 2.75) is 64.5 Å². The van der Waals surface area contributed by atoms with Gasteiger partial charge in [0.2, 0.25) is 5.91 Å². The van der Waals surface area contributed by atoms with Crippen molar-refractivity contribution >= 4 is 5.91 Å². The molecule has 144 valence electrons. The molecule has 0 N–H and O–H groups in total. The first-order chi connectivity index (χ1) is 13.1. The molecule has 4 rings (SSSR count). The number of nitrogens with zero attached hydrogens (tertiary/aromatic N) is 6. The van der Waals surface area contributed by atoms with Crippen molar-refractivity contribution in [3.8, 4) is 0 Å². The van der Waals surface area contributed by atoms with E-state index in [1.807, 2.05) is 11.8 Å². The predicted octanol–water partition coefficient (Wildman–Crippen LogP) is 1.28. The zero-order valence-corrected chi connectivity index (χ0v) is 15.8. The number of piperidine rings is 1. The first-order valence-electron chi connectivity index (χ1n) is 9.84. The third-order valence-electron chi connectivity index (χ3n) is 5.73. The Bertz CT molecular complexity index is 873. The number of hydrogen-bond acceptors (Lipinski definition) is 5. The Kier molecular flexibility index (Phi) is 5.05. The molecule has 1 fully saturated rings. The first-order valence-corrected chi connectivity index (χ1v) is 9.84. The molecule has 2 aliphatic rings. The smallest absolute Gasteiger partial charge is 0.276 e. The van der Waals surface area contributed by atoms with E-state index in [0.717, 1.165) is 62.3 Å². The highest BCUT2D eigenvalue weighted by atomic mass is 16.2. The number of aromatic nitrogens is 5. The van der Waals surface area contributed by atoms with Gasteiger partial charge in [0.05, 0.1) is 0 Å². The number of amides is 1. The number of rotatable bonds is 5. The normalized spacial score (nSPS) is 19.3. The molecule has 2 aromatic heterocycles. The highest BCUT2D eigenvalue weighted by Gasteiger charge is 2.30. The van der Waals surface area contributed by atoms with E-state index in [4.69, 9.17) is 0 Å². The molecule has 0 spiro atoms. The number of fused-ring (bicyclic) bond motifs is 1. The molecule has 0 saturated carbocycles. The summed E-state index contributed by atoms with van der Waals surface area (Å²) in [4.78, 5) is 35.1. The van der Waals surface area contributed by atoms with Crippen molar-refractivity contribution < 1.29 is 4.79 Å². The molecular weight excluding hydrogens is 344 g/mol. The molecule has 0 radical (unpaired) electrons. The van der Waals surface area contributed by atoms with Gasteiger partial charge in [-0.25, -0.2) is 4.98 Å². The molecule has 27 heavy (non-hydrogen) atoms. The molecule has 2 aliphatic heterocycles. The maximum atomic E-state index is 12.7. The quantitative estimate of drug-likeness (QED) is 0.791. The molecular formula is C19H26N6O2. The van der Waals surface area contributed by atoms with E-state index < -0.39 is 0 Å². The second-order valence-corrected chi connectivity index (χ2v) is 7.54. The van der Waals surface area contributed by atoms with Crippen LogP contribution in [0.1, 0.15) is 55.1 Å². The molecule has 0 aromatic carbocycles. The number of carbonyl (C=O) groups is 1. The minimum Gasteiger partial charge on any atom is -0.342 e. The van der Waals surface area contributed by atoms with Gasteiger partial charge in [0.25, 0.3) is 5.56 Å². The summed E-state index contributed by atoms with van der Waals surface area (Å²) in [5.41, 5.74) is 1.77. The summed E-state index contributed by atoms with van der Waals surface area (Å²) in [6.45, 7) is 5.03. The second kappa shape index (κ2) is 7.62. The molecule has 8 nitrogen and oxygen atoms in total. The van der Waals surface area contributed by atoms with Gasteiger partial charge < -0.3 is 9.47 Å². The fourth-order valence-electron chi connectivity index (χ4n) is 4.40. The van der Waals surface area contributed by atoms with Gasteiger partial charge in [-0.15, -0.1) is 0 Å². The molecule has 8 heteroatoms. The lowest BCUT2D eigenvalue weighted by Crippen LogP contribution is -2.40. The minimum absolute atomic E-state index is 0.102. The molecule has 0 aliphatic carbocycles. The van der Waals surface area contributed by atoms with E-state index in [2.05, 4.69) is 19.6 Å². The second-order valence-electron chi connectivity index (χ2n) is 7.54. The van der Waals surface area contributed by atoms with Crippen molar-refractivity contribution in [1.29, 1.82) is 0 Å². The Morgan fingerprint density at radius 3 is 3.00 bits per heavy atom. The van der Waals surface area contributed by atoms with Crippen LogP contribution in [0.25, 0.3) is 0 Å². The zero-order valence-electron chi connectivity index (χ0n) is 15.8. The summed E-state index contributed by atoms with van der Waals surface area (Å²) in [6, 6.07) is 0. The van der Waals surface area contributed by atoms with E-state index >= 15 is 0 Å². The van der Waals surface area contributed by atoms with Gasteiger partial charge in [-0.1, -0.05) is 0 Å². The predicted molar refractivity (Wildman–Crippen MR) is 99.4 cm³/mol. The van der Waals surface area contributed by atoms with Crippen LogP contribution in [0.5, 0.6) is 0 Å². The van der Waals surface area contributed by atoms with Crippen molar-refractivity contribution in [3.63, 3.8) is 0 Å². The highest BCUT2D eigenvalue weighted by Crippen LogP contribution is 2.30. The van der Waals surface area contributed by atoms with Crippen LogP contribution in [0.4, 0.5) is 0 Å². The van der Waals surface area contributed by atoms with Crippen molar-refractivity contribution in [3.05, 3.63) is 40.1 Å². The first kappa shape index (κ1) is 17.9. The van der Waals surface area contributed by atoms with Crippen LogP contribution in [0, 0.1) is 6.92 Å². The van der Waals surface area contributed by atoms with E-state index in [-0.39, 0.29) is 17.4 Å². The van der Waals surface area contributed by atoms with Crippen LogP contribution in [0.2, 0.25) is 0 Å². The fourth-order valence-corrected chi connectivity index (χ4v) is 4.40. The maximum Gasteiger partial charge on any atom is 0.276 e. The van der Waals surface area contributed by atoms with Gasteiger partial charge in [-0.05, 0) is 32.6 Å². The Morgan fingerprint density at radius 2 is 2.19 bits per heavy atom. The molecule has 1 unspecified atom stereocenters. The fraction of sp³-hybridized carbons (Fsp3) is 0.632. The van der Waals surface area contributed by atoms with Crippen LogP contribution in [0.3, 0.4) is 0 Å². The Balaban J connectivity index is 1.44. The Morgan fingerprint density at radius 1 is 1.30 bits per heavy atom. The van der Waals surface area contributed by atoms with Gasteiger partial charge >= 0.3 is 0 Å². The summed E-state index contributed by atoms with van der Waals surface area (Å²) in [7, 11) is 0. The van der Waals surface area contributed by atoms with Crippen LogP contribution in [0.15, 0.2) is 17.4 Å². The number of aryl methyl sites for hydroxylation is 2. The summed E-state index contributed by atoms with van der Waals surface area (Å²) in [5, 5.41) is 4.07. The van der Waals surface area contributed by atoms with Gasteiger partial charge in [-0.2, -0.15) is 10.1 Å².